The molecule has 4 rings (SSSR count). The first-order valence-electron chi connectivity index (χ1n) is 10.0. The first-order chi connectivity index (χ1) is 16.0. The van der Waals surface area contributed by atoms with E-state index in [4.69, 9.17) is 11.6 Å². The monoisotopic (exact) mass is 478 g/mol. The lowest BCUT2D eigenvalue weighted by molar-refractivity contribution is -0.117. The Morgan fingerprint density at radius 2 is 1.64 bits per heavy atom. The molecular formula is C24H19ClN4O3S. The molecule has 0 bridgehead atoms. The normalized spacial score (nSPS) is 10.7. The molecule has 3 amide bonds. The van der Waals surface area contributed by atoms with Crippen molar-refractivity contribution >= 4 is 46.2 Å². The van der Waals surface area contributed by atoms with Crippen LogP contribution in [0.15, 0.2) is 88.8 Å². The number of thioether (sulfide) groups is 1. The van der Waals surface area contributed by atoms with E-state index in [9.17, 15) is 14.4 Å². The van der Waals surface area contributed by atoms with Crippen molar-refractivity contribution in [2.45, 2.75) is 11.7 Å². The first kappa shape index (κ1) is 22.6. The molecule has 1 aromatic heterocycles. The van der Waals surface area contributed by atoms with E-state index in [-0.39, 0.29) is 11.3 Å². The molecule has 0 atom stereocenters. The number of urea groups is 1. The van der Waals surface area contributed by atoms with Crippen LogP contribution in [0.1, 0.15) is 5.56 Å². The predicted octanol–water partition coefficient (Wildman–Crippen LogP) is 4.16. The number of halogens is 1. The summed E-state index contributed by atoms with van der Waals surface area (Å²) in [6, 6.07) is 22.6. The number of para-hydroxylation sites is 2. The number of rotatable bonds is 6. The van der Waals surface area contributed by atoms with Gasteiger partial charge in [0, 0.05) is 6.54 Å². The van der Waals surface area contributed by atoms with Crippen molar-refractivity contribution in [1.82, 2.24) is 20.2 Å². The van der Waals surface area contributed by atoms with Crippen molar-refractivity contribution in [3.63, 3.8) is 0 Å². The molecule has 4 aromatic rings. The highest BCUT2D eigenvalue weighted by Gasteiger charge is 2.17. The number of imide groups is 1. The Kier molecular flexibility index (Phi) is 7.07. The van der Waals surface area contributed by atoms with E-state index >= 15 is 0 Å². The van der Waals surface area contributed by atoms with Gasteiger partial charge in [-0.3, -0.25) is 19.5 Å². The lowest BCUT2D eigenvalue weighted by atomic mass is 10.2. The molecule has 0 saturated carbocycles. The third kappa shape index (κ3) is 5.42. The second-order valence-corrected chi connectivity index (χ2v) is 8.36. The summed E-state index contributed by atoms with van der Waals surface area (Å²) in [5.74, 6) is -0.632. The Balaban J connectivity index is 1.51. The maximum atomic E-state index is 13.2. The molecule has 9 heteroatoms. The van der Waals surface area contributed by atoms with E-state index in [2.05, 4.69) is 15.6 Å². The van der Waals surface area contributed by atoms with Crippen LogP contribution in [0.5, 0.6) is 0 Å². The number of amides is 3. The van der Waals surface area contributed by atoms with Crippen molar-refractivity contribution in [1.29, 1.82) is 0 Å². The Morgan fingerprint density at radius 3 is 2.42 bits per heavy atom. The Labute approximate surface area is 198 Å². The number of nitrogens with zero attached hydrogens (tertiary/aromatic N) is 2. The largest absolute Gasteiger partial charge is 0.334 e. The van der Waals surface area contributed by atoms with Gasteiger partial charge in [0.1, 0.15) is 0 Å². The van der Waals surface area contributed by atoms with Gasteiger partial charge in [-0.2, -0.15) is 0 Å². The van der Waals surface area contributed by atoms with Gasteiger partial charge >= 0.3 is 6.03 Å². The summed E-state index contributed by atoms with van der Waals surface area (Å²) in [7, 11) is 0. The number of hydrogen-bond acceptors (Lipinski definition) is 5. The fourth-order valence-electron chi connectivity index (χ4n) is 3.17. The minimum absolute atomic E-state index is 0.117. The second-order valence-electron chi connectivity index (χ2n) is 7.01. The average Bonchev–Trinajstić information content (AvgIpc) is 2.83. The Morgan fingerprint density at radius 1 is 0.939 bits per heavy atom. The average molecular weight is 479 g/mol. The lowest BCUT2D eigenvalue weighted by Gasteiger charge is -2.14. The fraction of sp³-hybridized carbons (Fsp3) is 0.0833. The zero-order valence-corrected chi connectivity index (χ0v) is 18.9. The van der Waals surface area contributed by atoms with Gasteiger partial charge in [-0.15, -0.1) is 0 Å². The summed E-state index contributed by atoms with van der Waals surface area (Å²) in [6.45, 7) is 0.297. The van der Waals surface area contributed by atoms with Crippen molar-refractivity contribution in [2.75, 3.05) is 5.75 Å². The molecule has 166 valence electrons. The number of hydrogen-bond donors (Lipinski definition) is 2. The molecule has 0 fully saturated rings. The SMILES string of the molecule is O=C(CSc1nc2ccccc2c(=O)n1-c1ccccc1Cl)NC(=O)NCc1ccccc1. The van der Waals surface area contributed by atoms with Crippen LogP contribution in [0.3, 0.4) is 0 Å². The van der Waals surface area contributed by atoms with Gasteiger partial charge in [0.05, 0.1) is 27.4 Å². The van der Waals surface area contributed by atoms with E-state index in [1.807, 2.05) is 30.3 Å². The molecule has 0 aliphatic carbocycles. The number of carbonyl (C=O) groups excluding carboxylic acids is 2. The molecule has 0 aliphatic rings. The van der Waals surface area contributed by atoms with Crippen LogP contribution in [0.4, 0.5) is 4.79 Å². The first-order valence-corrected chi connectivity index (χ1v) is 11.4. The van der Waals surface area contributed by atoms with E-state index < -0.39 is 11.9 Å². The molecule has 1 heterocycles. The molecule has 0 spiro atoms. The highest BCUT2D eigenvalue weighted by Crippen LogP contribution is 2.25. The number of benzene rings is 3. The minimum atomic E-state index is -0.598. The summed E-state index contributed by atoms with van der Waals surface area (Å²) in [6.07, 6.45) is 0. The molecule has 33 heavy (non-hydrogen) atoms. The summed E-state index contributed by atoms with van der Waals surface area (Å²) >= 11 is 7.39. The molecule has 2 N–H and O–H groups in total. The third-order valence-electron chi connectivity index (χ3n) is 4.72. The number of carbonyl (C=O) groups is 2. The number of fused-ring (bicyclic) bond motifs is 1. The topological polar surface area (TPSA) is 93.1 Å². The van der Waals surface area contributed by atoms with Gasteiger partial charge in [-0.1, -0.05) is 78.0 Å². The summed E-state index contributed by atoms with van der Waals surface area (Å²) in [5.41, 5.74) is 1.59. The molecule has 0 radical (unpaired) electrons. The zero-order valence-electron chi connectivity index (χ0n) is 17.3. The smallest absolute Gasteiger partial charge is 0.321 e. The molecule has 0 saturated heterocycles. The quantitative estimate of drug-likeness (QED) is 0.320. The van der Waals surface area contributed by atoms with Gasteiger partial charge in [0.2, 0.25) is 5.91 Å². The van der Waals surface area contributed by atoms with E-state index in [0.29, 0.717) is 33.3 Å². The number of aromatic nitrogens is 2. The third-order valence-corrected chi connectivity index (χ3v) is 5.98. The highest BCUT2D eigenvalue weighted by atomic mass is 35.5. The van der Waals surface area contributed by atoms with Crippen LogP contribution in [-0.2, 0) is 11.3 Å². The van der Waals surface area contributed by atoms with Crippen molar-refractivity contribution in [2.24, 2.45) is 0 Å². The van der Waals surface area contributed by atoms with Crippen LogP contribution in [0.25, 0.3) is 16.6 Å². The van der Waals surface area contributed by atoms with E-state index in [0.717, 1.165) is 17.3 Å². The molecule has 0 aliphatic heterocycles. The Hall–Kier alpha value is -3.62. The maximum absolute atomic E-state index is 13.2. The summed E-state index contributed by atoms with van der Waals surface area (Å²) < 4.78 is 1.39. The van der Waals surface area contributed by atoms with E-state index in [1.54, 1.807) is 48.5 Å². The van der Waals surface area contributed by atoms with Crippen LogP contribution in [0.2, 0.25) is 5.02 Å². The fourth-order valence-corrected chi connectivity index (χ4v) is 4.20. The molecule has 3 aromatic carbocycles. The highest BCUT2D eigenvalue weighted by molar-refractivity contribution is 7.99. The van der Waals surface area contributed by atoms with Gasteiger partial charge < -0.3 is 5.32 Å². The van der Waals surface area contributed by atoms with Crippen LogP contribution in [0, 0.1) is 0 Å². The van der Waals surface area contributed by atoms with Crippen LogP contribution >= 0.6 is 23.4 Å². The lowest BCUT2D eigenvalue weighted by Crippen LogP contribution is -2.40. The standard InChI is InChI=1S/C24H19ClN4O3S/c25-18-11-5-7-13-20(18)29-22(31)17-10-4-6-12-19(17)27-24(29)33-15-21(30)28-23(32)26-14-16-8-2-1-3-9-16/h1-13H,14-15H2,(H2,26,28,30,32). The van der Waals surface area contributed by atoms with Crippen molar-refractivity contribution in [3.05, 3.63) is 99.8 Å². The van der Waals surface area contributed by atoms with Gasteiger partial charge in [0.25, 0.3) is 5.56 Å². The van der Waals surface area contributed by atoms with Crippen molar-refractivity contribution < 1.29 is 9.59 Å². The molecule has 0 unspecified atom stereocenters. The Bertz CT molecular complexity index is 1380. The van der Waals surface area contributed by atoms with Crippen molar-refractivity contribution in [3.8, 4) is 5.69 Å². The van der Waals surface area contributed by atoms with Crippen LogP contribution in [-0.4, -0.2) is 27.2 Å². The van der Waals surface area contributed by atoms with Gasteiger partial charge in [0.15, 0.2) is 5.16 Å². The molecule has 7 nitrogen and oxygen atoms in total. The second kappa shape index (κ2) is 10.3. The van der Waals surface area contributed by atoms with E-state index in [1.165, 1.54) is 4.57 Å². The van der Waals surface area contributed by atoms with Gasteiger partial charge in [-0.05, 0) is 29.8 Å². The summed E-state index contributed by atoms with van der Waals surface area (Å²) in [4.78, 5) is 42.2. The maximum Gasteiger partial charge on any atom is 0.321 e. The van der Waals surface area contributed by atoms with Gasteiger partial charge in [-0.25, -0.2) is 9.78 Å². The summed E-state index contributed by atoms with van der Waals surface area (Å²) in [5, 5.41) is 6.04. The zero-order chi connectivity index (χ0) is 23.2. The molecular weight excluding hydrogens is 460 g/mol. The number of nitrogens with one attached hydrogen (secondary N) is 2. The van der Waals surface area contributed by atoms with Crippen LogP contribution < -0.4 is 16.2 Å². The minimum Gasteiger partial charge on any atom is -0.334 e. The predicted molar refractivity (Wildman–Crippen MR) is 130 cm³/mol.